The number of ether oxygens (including phenoxy) is 1. The first kappa shape index (κ1) is 12.7. The maximum atomic E-state index is 14.3. The number of benzene rings is 1. The average molecular weight is 279 g/mol. The van der Waals surface area contributed by atoms with Gasteiger partial charge in [-0.1, -0.05) is 24.3 Å². The fourth-order valence-corrected chi connectivity index (χ4v) is 4.07. The van der Waals surface area contributed by atoms with E-state index in [9.17, 15) is 8.78 Å². The fraction of sp³-hybridized carbons (Fsp3) is 0.625. The van der Waals surface area contributed by atoms with Gasteiger partial charge in [-0.15, -0.1) is 0 Å². The second kappa shape index (κ2) is 4.50. The Kier molecular flexibility index (Phi) is 2.86. The standard InChI is InChI=1S/C16H19F2NO/c17-16(18)6-14(5-11-3-1-2-4-15(11)16)19-7-12-9-20-10-13(12)8-19/h1-4,12-14H,5-10H2/t12-,13+,14-/m1/s1. The molecule has 3 aliphatic rings. The lowest BCUT2D eigenvalue weighted by molar-refractivity contribution is -0.0473. The van der Waals surface area contributed by atoms with E-state index in [-0.39, 0.29) is 18.0 Å². The second-order valence-electron chi connectivity index (χ2n) is 6.44. The Bertz CT molecular complexity index is 507. The Morgan fingerprint density at radius 1 is 1.10 bits per heavy atom. The SMILES string of the molecule is FC1(F)C[C@H](N2C[C@H]3COC[C@H]3C2)Cc2ccccc21. The molecule has 2 aliphatic heterocycles. The summed E-state index contributed by atoms with van der Waals surface area (Å²) in [5.41, 5.74) is 1.06. The van der Waals surface area contributed by atoms with Gasteiger partial charge in [-0.05, 0) is 12.0 Å². The van der Waals surface area contributed by atoms with Crippen LogP contribution in [0.3, 0.4) is 0 Å². The number of hydrogen-bond acceptors (Lipinski definition) is 2. The molecule has 0 radical (unpaired) electrons. The zero-order valence-corrected chi connectivity index (χ0v) is 11.4. The normalized spacial score (nSPS) is 35.8. The molecule has 1 aromatic carbocycles. The van der Waals surface area contributed by atoms with Gasteiger partial charge in [-0.2, -0.15) is 0 Å². The van der Waals surface area contributed by atoms with Crippen molar-refractivity contribution in [2.75, 3.05) is 26.3 Å². The molecule has 0 N–H and O–H groups in total. The molecule has 4 heteroatoms. The van der Waals surface area contributed by atoms with E-state index in [2.05, 4.69) is 4.90 Å². The lowest BCUT2D eigenvalue weighted by Gasteiger charge is -2.37. The summed E-state index contributed by atoms with van der Waals surface area (Å²) in [6.45, 7) is 3.46. The quantitative estimate of drug-likeness (QED) is 0.783. The summed E-state index contributed by atoms with van der Waals surface area (Å²) in [6.07, 6.45) is 0.719. The third-order valence-electron chi connectivity index (χ3n) is 5.14. The van der Waals surface area contributed by atoms with Crippen molar-refractivity contribution in [3.63, 3.8) is 0 Å². The van der Waals surface area contributed by atoms with Gasteiger partial charge < -0.3 is 4.74 Å². The molecule has 0 unspecified atom stereocenters. The number of hydrogen-bond donors (Lipinski definition) is 0. The summed E-state index contributed by atoms with van der Waals surface area (Å²) in [6, 6.07) is 6.99. The minimum absolute atomic E-state index is 0.0227. The van der Waals surface area contributed by atoms with Gasteiger partial charge in [0.25, 0.3) is 5.92 Å². The first-order valence-corrected chi connectivity index (χ1v) is 7.41. The van der Waals surface area contributed by atoms with E-state index in [4.69, 9.17) is 4.74 Å². The molecule has 0 bridgehead atoms. The summed E-state index contributed by atoms with van der Waals surface area (Å²) in [7, 11) is 0. The molecule has 1 aliphatic carbocycles. The molecule has 2 saturated heterocycles. The lowest BCUT2D eigenvalue weighted by atomic mass is 9.85. The summed E-state index contributed by atoms with van der Waals surface area (Å²) in [5, 5.41) is 0. The molecule has 4 rings (SSSR count). The molecule has 20 heavy (non-hydrogen) atoms. The fourth-order valence-electron chi connectivity index (χ4n) is 4.07. The van der Waals surface area contributed by atoms with Crippen molar-refractivity contribution in [2.24, 2.45) is 11.8 Å². The smallest absolute Gasteiger partial charge is 0.275 e. The van der Waals surface area contributed by atoms with Gasteiger partial charge in [-0.25, -0.2) is 8.78 Å². The van der Waals surface area contributed by atoms with Gasteiger partial charge in [0.2, 0.25) is 0 Å². The Morgan fingerprint density at radius 3 is 2.55 bits per heavy atom. The molecular formula is C16H19F2NO. The molecule has 3 atom stereocenters. The zero-order chi connectivity index (χ0) is 13.7. The highest BCUT2D eigenvalue weighted by Gasteiger charge is 2.46. The van der Waals surface area contributed by atoms with Crippen LogP contribution in [0.5, 0.6) is 0 Å². The van der Waals surface area contributed by atoms with Crippen molar-refractivity contribution in [2.45, 2.75) is 24.8 Å². The third kappa shape index (κ3) is 1.97. The molecule has 0 spiro atoms. The summed E-state index contributed by atoms with van der Waals surface area (Å²) >= 11 is 0. The summed E-state index contributed by atoms with van der Waals surface area (Å²) in [4.78, 5) is 2.28. The van der Waals surface area contributed by atoms with Gasteiger partial charge in [-0.3, -0.25) is 4.90 Å². The number of likely N-dealkylation sites (tertiary alicyclic amines) is 1. The van der Waals surface area contributed by atoms with Crippen molar-refractivity contribution in [3.8, 4) is 0 Å². The maximum Gasteiger partial charge on any atom is 0.275 e. The largest absolute Gasteiger partial charge is 0.381 e. The van der Waals surface area contributed by atoms with Crippen LogP contribution in [-0.2, 0) is 17.1 Å². The average Bonchev–Trinajstić information content (AvgIpc) is 2.98. The van der Waals surface area contributed by atoms with Crippen molar-refractivity contribution in [3.05, 3.63) is 35.4 Å². The van der Waals surface area contributed by atoms with Crippen molar-refractivity contribution >= 4 is 0 Å². The number of nitrogens with zero attached hydrogens (tertiary/aromatic N) is 1. The highest BCUT2D eigenvalue weighted by molar-refractivity contribution is 5.34. The van der Waals surface area contributed by atoms with Crippen LogP contribution in [0, 0.1) is 11.8 Å². The van der Waals surface area contributed by atoms with E-state index in [0.717, 1.165) is 38.3 Å². The molecule has 0 amide bonds. The minimum Gasteiger partial charge on any atom is -0.381 e. The Balaban J connectivity index is 1.57. The Labute approximate surface area is 117 Å². The molecule has 0 saturated carbocycles. The van der Waals surface area contributed by atoms with E-state index in [1.165, 1.54) is 0 Å². The Morgan fingerprint density at radius 2 is 1.80 bits per heavy atom. The number of alkyl halides is 2. The predicted octanol–water partition coefficient (Wildman–Crippen LogP) is 2.67. The van der Waals surface area contributed by atoms with Gasteiger partial charge >= 0.3 is 0 Å². The van der Waals surface area contributed by atoms with Crippen LogP contribution in [-0.4, -0.2) is 37.2 Å². The third-order valence-corrected chi connectivity index (χ3v) is 5.14. The molecule has 2 nitrogen and oxygen atoms in total. The van der Waals surface area contributed by atoms with Gasteiger partial charge in [0.05, 0.1) is 13.2 Å². The van der Waals surface area contributed by atoms with Crippen LogP contribution >= 0.6 is 0 Å². The monoisotopic (exact) mass is 279 g/mol. The van der Waals surface area contributed by atoms with Crippen LogP contribution in [0.2, 0.25) is 0 Å². The van der Waals surface area contributed by atoms with Crippen LogP contribution in [0.15, 0.2) is 24.3 Å². The van der Waals surface area contributed by atoms with E-state index in [1.54, 1.807) is 12.1 Å². The minimum atomic E-state index is -2.69. The molecule has 0 aromatic heterocycles. The van der Waals surface area contributed by atoms with Crippen LogP contribution < -0.4 is 0 Å². The van der Waals surface area contributed by atoms with Crippen molar-refractivity contribution in [1.82, 2.24) is 4.90 Å². The second-order valence-corrected chi connectivity index (χ2v) is 6.44. The molecule has 2 heterocycles. The number of fused-ring (bicyclic) bond motifs is 2. The van der Waals surface area contributed by atoms with E-state index >= 15 is 0 Å². The van der Waals surface area contributed by atoms with E-state index in [0.29, 0.717) is 11.8 Å². The summed E-state index contributed by atoms with van der Waals surface area (Å²) < 4.78 is 34.1. The topological polar surface area (TPSA) is 12.5 Å². The molecular weight excluding hydrogens is 260 g/mol. The zero-order valence-electron chi connectivity index (χ0n) is 11.4. The van der Waals surface area contributed by atoms with Crippen LogP contribution in [0.25, 0.3) is 0 Å². The van der Waals surface area contributed by atoms with Gasteiger partial charge in [0, 0.05) is 43.0 Å². The Hall–Kier alpha value is -1.00. The molecule has 1 aromatic rings. The van der Waals surface area contributed by atoms with Gasteiger partial charge in [0.1, 0.15) is 0 Å². The number of halogens is 2. The molecule has 2 fully saturated rings. The summed E-state index contributed by atoms with van der Waals surface area (Å²) in [5.74, 6) is -1.57. The first-order valence-electron chi connectivity index (χ1n) is 7.41. The molecule has 108 valence electrons. The number of rotatable bonds is 1. The highest BCUT2D eigenvalue weighted by Crippen LogP contribution is 2.43. The predicted molar refractivity (Wildman–Crippen MR) is 71.8 cm³/mol. The lowest BCUT2D eigenvalue weighted by Crippen LogP contribution is -2.43. The van der Waals surface area contributed by atoms with Crippen LogP contribution in [0.1, 0.15) is 17.5 Å². The van der Waals surface area contributed by atoms with Crippen LogP contribution in [0.4, 0.5) is 8.78 Å². The van der Waals surface area contributed by atoms with Gasteiger partial charge in [0.15, 0.2) is 0 Å². The van der Waals surface area contributed by atoms with E-state index < -0.39 is 5.92 Å². The van der Waals surface area contributed by atoms with E-state index in [1.807, 2.05) is 12.1 Å². The van der Waals surface area contributed by atoms with Crippen molar-refractivity contribution < 1.29 is 13.5 Å². The highest BCUT2D eigenvalue weighted by atomic mass is 19.3. The maximum absolute atomic E-state index is 14.3. The first-order chi connectivity index (χ1) is 9.63. The van der Waals surface area contributed by atoms with Crippen molar-refractivity contribution in [1.29, 1.82) is 0 Å².